The first-order chi connectivity index (χ1) is 13.5. The molecule has 0 unspecified atom stereocenters. The Morgan fingerprint density at radius 3 is 2.68 bits per heavy atom. The maximum atomic E-state index is 13.1. The zero-order valence-corrected chi connectivity index (χ0v) is 16.1. The average molecular weight is 387 g/mol. The van der Waals surface area contributed by atoms with Gasteiger partial charge in [-0.15, -0.1) is 0 Å². The molecule has 2 aromatic rings. The van der Waals surface area contributed by atoms with E-state index < -0.39 is 11.2 Å². The van der Waals surface area contributed by atoms with Gasteiger partial charge in [0.1, 0.15) is 12.1 Å². The average Bonchev–Trinajstić information content (AvgIpc) is 3.12. The van der Waals surface area contributed by atoms with Gasteiger partial charge in [-0.05, 0) is 32.1 Å². The van der Waals surface area contributed by atoms with Gasteiger partial charge in [-0.1, -0.05) is 24.4 Å². The van der Waals surface area contributed by atoms with Gasteiger partial charge in [0.05, 0.1) is 0 Å². The van der Waals surface area contributed by atoms with E-state index in [9.17, 15) is 14.4 Å². The molecular formula is C19H25N5O4. The van der Waals surface area contributed by atoms with Crippen LogP contribution in [0.15, 0.2) is 14.1 Å². The molecule has 0 radical (unpaired) electrons. The number of fused-ring (bicyclic) bond motifs is 1. The van der Waals surface area contributed by atoms with Crippen molar-refractivity contribution in [2.75, 3.05) is 0 Å². The predicted octanol–water partition coefficient (Wildman–Crippen LogP) is 1.15. The maximum Gasteiger partial charge on any atom is 0.331 e. The third-order valence-corrected chi connectivity index (χ3v) is 5.60. The topological polar surface area (TPSA) is 112 Å². The lowest BCUT2D eigenvalue weighted by Gasteiger charge is -2.24. The molecule has 0 bridgehead atoms. The fraction of sp³-hybridized carbons (Fsp3) is 0.632. The third-order valence-electron chi connectivity index (χ3n) is 5.60. The summed E-state index contributed by atoms with van der Waals surface area (Å²) in [5, 5.41) is 6.85. The van der Waals surface area contributed by atoms with E-state index in [0.29, 0.717) is 24.6 Å². The highest BCUT2D eigenvalue weighted by Crippen LogP contribution is 2.21. The number of aryl methyl sites for hydroxylation is 1. The normalized spacial score (nSPS) is 17.3. The molecule has 150 valence electrons. The molecule has 0 atom stereocenters. The fourth-order valence-corrected chi connectivity index (χ4v) is 4.22. The molecular weight excluding hydrogens is 362 g/mol. The van der Waals surface area contributed by atoms with Crippen molar-refractivity contribution >= 4 is 5.91 Å². The second-order valence-electron chi connectivity index (χ2n) is 7.64. The van der Waals surface area contributed by atoms with Gasteiger partial charge in [-0.25, -0.2) is 4.79 Å². The second kappa shape index (κ2) is 7.73. The Morgan fingerprint density at radius 2 is 1.96 bits per heavy atom. The summed E-state index contributed by atoms with van der Waals surface area (Å²) in [6.45, 7) is 1.87. The number of nitrogens with one attached hydrogen (secondary N) is 1. The van der Waals surface area contributed by atoms with Crippen LogP contribution in [0.3, 0.4) is 0 Å². The monoisotopic (exact) mass is 387 g/mol. The Bertz CT molecular complexity index is 997. The first kappa shape index (κ1) is 18.6. The number of rotatable bonds is 4. The molecule has 9 nitrogen and oxygen atoms in total. The van der Waals surface area contributed by atoms with Gasteiger partial charge in [0.2, 0.25) is 17.6 Å². The molecule has 0 aromatic carbocycles. The van der Waals surface area contributed by atoms with Gasteiger partial charge in [0, 0.05) is 25.2 Å². The highest BCUT2D eigenvalue weighted by Gasteiger charge is 2.26. The van der Waals surface area contributed by atoms with E-state index in [4.69, 9.17) is 4.52 Å². The highest BCUT2D eigenvalue weighted by atomic mass is 16.5. The molecule has 1 saturated carbocycles. The molecule has 1 N–H and O–H groups in total. The zero-order valence-electron chi connectivity index (χ0n) is 16.1. The fourth-order valence-electron chi connectivity index (χ4n) is 4.22. The molecule has 2 aliphatic rings. The molecule has 4 rings (SSSR count). The molecule has 9 heteroatoms. The Morgan fingerprint density at radius 1 is 1.18 bits per heavy atom. The maximum absolute atomic E-state index is 13.1. The second-order valence-corrected chi connectivity index (χ2v) is 7.64. The van der Waals surface area contributed by atoms with Crippen LogP contribution in [0.2, 0.25) is 0 Å². The van der Waals surface area contributed by atoms with Crippen LogP contribution >= 0.6 is 0 Å². The van der Waals surface area contributed by atoms with Crippen molar-refractivity contribution in [3.8, 4) is 11.4 Å². The standard InChI is InChI=1S/C19H25N5O4/c1-12-20-17(22-28-12)16-14-9-5-6-10-23(14)19(27)24(18(16)26)11-15(25)21-13-7-3-2-4-8-13/h13H,2-11H2,1H3,(H,21,25). The van der Waals surface area contributed by atoms with Crippen LogP contribution in [0.4, 0.5) is 0 Å². The molecule has 1 aliphatic carbocycles. The van der Waals surface area contributed by atoms with Crippen LogP contribution in [0.25, 0.3) is 11.4 Å². The van der Waals surface area contributed by atoms with Gasteiger partial charge >= 0.3 is 5.69 Å². The van der Waals surface area contributed by atoms with Crippen LogP contribution in [-0.2, 0) is 24.3 Å². The van der Waals surface area contributed by atoms with Crippen molar-refractivity contribution in [1.82, 2.24) is 24.6 Å². The van der Waals surface area contributed by atoms with Crippen LogP contribution in [-0.4, -0.2) is 31.2 Å². The van der Waals surface area contributed by atoms with E-state index >= 15 is 0 Å². The van der Waals surface area contributed by atoms with Crippen molar-refractivity contribution in [3.05, 3.63) is 32.4 Å². The van der Waals surface area contributed by atoms with E-state index in [1.54, 1.807) is 11.5 Å². The van der Waals surface area contributed by atoms with Crippen LogP contribution in [0, 0.1) is 6.92 Å². The summed E-state index contributed by atoms with van der Waals surface area (Å²) in [5.74, 6) is 0.212. The van der Waals surface area contributed by atoms with Gasteiger partial charge in [-0.2, -0.15) is 4.98 Å². The number of nitrogens with zero attached hydrogens (tertiary/aromatic N) is 4. The summed E-state index contributed by atoms with van der Waals surface area (Å²) >= 11 is 0. The number of hydrogen-bond donors (Lipinski definition) is 1. The molecule has 1 aliphatic heterocycles. The molecule has 28 heavy (non-hydrogen) atoms. The molecule has 2 aromatic heterocycles. The minimum atomic E-state index is -0.530. The number of aromatic nitrogens is 4. The minimum absolute atomic E-state index is 0.122. The van der Waals surface area contributed by atoms with Gasteiger partial charge < -0.3 is 9.84 Å². The highest BCUT2D eigenvalue weighted by molar-refractivity contribution is 5.76. The molecule has 1 fully saturated rings. The Hall–Kier alpha value is -2.71. The van der Waals surface area contributed by atoms with E-state index in [2.05, 4.69) is 15.5 Å². The molecule has 0 saturated heterocycles. The van der Waals surface area contributed by atoms with Crippen molar-refractivity contribution in [2.24, 2.45) is 0 Å². The largest absolute Gasteiger partial charge is 0.352 e. The summed E-state index contributed by atoms with van der Waals surface area (Å²) in [5.41, 5.74) is -0.0761. The van der Waals surface area contributed by atoms with E-state index in [-0.39, 0.29) is 29.9 Å². The summed E-state index contributed by atoms with van der Waals surface area (Å²) in [7, 11) is 0. The van der Waals surface area contributed by atoms with Gasteiger partial charge in [-0.3, -0.25) is 18.7 Å². The summed E-state index contributed by atoms with van der Waals surface area (Å²) in [6, 6.07) is 0.122. The summed E-state index contributed by atoms with van der Waals surface area (Å²) < 4.78 is 7.63. The van der Waals surface area contributed by atoms with E-state index in [0.717, 1.165) is 43.1 Å². The number of carbonyl (C=O) groups excluding carboxylic acids is 1. The SMILES string of the molecule is Cc1nc(-c2c3n(c(=O)n(CC(=O)NC4CCCCC4)c2=O)CCCC3)no1. The number of carbonyl (C=O) groups is 1. The minimum Gasteiger partial charge on any atom is -0.352 e. The Kier molecular flexibility index (Phi) is 5.15. The van der Waals surface area contributed by atoms with E-state index in [1.807, 2.05) is 0 Å². The Balaban J connectivity index is 1.71. The Labute approximate surface area is 161 Å². The predicted molar refractivity (Wildman–Crippen MR) is 101 cm³/mol. The van der Waals surface area contributed by atoms with Crippen LogP contribution in [0.1, 0.15) is 56.5 Å². The van der Waals surface area contributed by atoms with Crippen molar-refractivity contribution in [1.29, 1.82) is 0 Å². The van der Waals surface area contributed by atoms with Crippen molar-refractivity contribution < 1.29 is 9.32 Å². The number of amides is 1. The lowest BCUT2D eigenvalue weighted by Crippen LogP contribution is -2.48. The zero-order chi connectivity index (χ0) is 19.7. The van der Waals surface area contributed by atoms with Gasteiger partial charge in [0.25, 0.3) is 5.56 Å². The summed E-state index contributed by atoms with van der Waals surface area (Å²) in [6.07, 6.45) is 7.59. The first-order valence-corrected chi connectivity index (χ1v) is 10.0. The smallest absolute Gasteiger partial charge is 0.331 e. The summed E-state index contributed by atoms with van der Waals surface area (Å²) in [4.78, 5) is 42.8. The lowest BCUT2D eigenvalue weighted by atomic mass is 9.95. The van der Waals surface area contributed by atoms with Crippen molar-refractivity contribution in [2.45, 2.75) is 77.4 Å². The molecule has 1 amide bonds. The van der Waals surface area contributed by atoms with E-state index in [1.165, 1.54) is 6.42 Å². The quantitative estimate of drug-likeness (QED) is 0.842. The lowest BCUT2D eigenvalue weighted by molar-refractivity contribution is -0.122. The van der Waals surface area contributed by atoms with Crippen LogP contribution < -0.4 is 16.6 Å². The van der Waals surface area contributed by atoms with Gasteiger partial charge in [0.15, 0.2) is 0 Å². The molecule has 0 spiro atoms. The number of hydrogen-bond acceptors (Lipinski definition) is 6. The van der Waals surface area contributed by atoms with Crippen LogP contribution in [0.5, 0.6) is 0 Å². The molecule has 3 heterocycles. The first-order valence-electron chi connectivity index (χ1n) is 10.0. The third kappa shape index (κ3) is 3.53. The van der Waals surface area contributed by atoms with Crippen molar-refractivity contribution in [3.63, 3.8) is 0 Å².